The van der Waals surface area contributed by atoms with Gasteiger partial charge in [0.05, 0.1) is 13.2 Å². The van der Waals surface area contributed by atoms with E-state index in [4.69, 9.17) is 28.1 Å². The number of carbonyl (C=O) groups excluding carboxylic acids is 3. The van der Waals surface area contributed by atoms with E-state index >= 15 is 0 Å². The quantitative estimate of drug-likeness (QED) is 0.279. The summed E-state index contributed by atoms with van der Waals surface area (Å²) in [5.41, 5.74) is 0.873. The molecule has 1 aromatic carbocycles. The van der Waals surface area contributed by atoms with Crippen molar-refractivity contribution in [3.63, 3.8) is 0 Å². The molecule has 5 atom stereocenters. The first-order valence-corrected chi connectivity index (χ1v) is 14.6. The Balaban J connectivity index is 2.40. The van der Waals surface area contributed by atoms with Crippen LogP contribution in [-0.4, -0.2) is 63.5 Å². The van der Waals surface area contributed by atoms with Crippen molar-refractivity contribution in [3.8, 4) is 0 Å². The van der Waals surface area contributed by atoms with Gasteiger partial charge in [0.2, 0.25) is 0 Å². The minimum Gasteiger partial charge on any atom is -0.456 e. The number of benzene rings is 1. The van der Waals surface area contributed by atoms with Crippen LogP contribution in [0.4, 0.5) is 0 Å². The molecule has 0 spiro atoms. The van der Waals surface area contributed by atoms with E-state index in [-0.39, 0.29) is 18.3 Å². The van der Waals surface area contributed by atoms with Gasteiger partial charge in [0, 0.05) is 20.8 Å². The monoisotopic (exact) mass is 510 g/mol. The number of rotatable bonds is 9. The molecule has 196 valence electrons. The minimum absolute atomic E-state index is 0.0721. The van der Waals surface area contributed by atoms with Gasteiger partial charge in [-0.05, 0) is 23.7 Å². The Morgan fingerprint density at radius 1 is 0.857 bits per heavy atom. The van der Waals surface area contributed by atoms with Crippen LogP contribution in [0.25, 0.3) is 0 Å². The van der Waals surface area contributed by atoms with E-state index in [9.17, 15) is 14.4 Å². The maximum atomic E-state index is 12.0. The Hall–Kier alpha value is -2.27. The van der Waals surface area contributed by atoms with Gasteiger partial charge in [-0.1, -0.05) is 51.1 Å². The Morgan fingerprint density at radius 3 is 1.89 bits per heavy atom. The molecule has 2 rings (SSSR count). The van der Waals surface area contributed by atoms with Crippen molar-refractivity contribution in [1.29, 1.82) is 0 Å². The summed E-state index contributed by atoms with van der Waals surface area (Å²) in [6, 6.07) is 9.40. The SMILES string of the molecule is CC(=O)O[C@H]1[C@H](OC(C)=O)[C@@H](OC(C)=O)C(OCc2ccccc2)O[C@@H]1CO[Si](C)(C)C(C)(C)C. The highest BCUT2D eigenvalue weighted by Crippen LogP contribution is 2.38. The molecule has 0 N–H and O–H groups in total. The van der Waals surface area contributed by atoms with E-state index in [1.165, 1.54) is 20.8 Å². The van der Waals surface area contributed by atoms with Gasteiger partial charge in [-0.25, -0.2) is 0 Å². The fourth-order valence-corrected chi connectivity index (χ4v) is 4.40. The van der Waals surface area contributed by atoms with Crippen LogP contribution in [0.15, 0.2) is 30.3 Å². The molecule has 1 unspecified atom stereocenters. The van der Waals surface area contributed by atoms with E-state index in [0.717, 1.165) is 5.56 Å². The van der Waals surface area contributed by atoms with Crippen molar-refractivity contribution in [2.45, 2.75) is 97.0 Å². The zero-order chi connectivity index (χ0) is 26.4. The van der Waals surface area contributed by atoms with E-state index in [2.05, 4.69) is 33.9 Å². The van der Waals surface area contributed by atoms with Crippen LogP contribution in [0.3, 0.4) is 0 Å². The highest BCUT2D eigenvalue weighted by Gasteiger charge is 2.53. The average molecular weight is 511 g/mol. The van der Waals surface area contributed by atoms with Crippen LogP contribution in [0.1, 0.15) is 47.1 Å². The van der Waals surface area contributed by atoms with Crippen LogP contribution in [0.2, 0.25) is 18.1 Å². The lowest BCUT2D eigenvalue weighted by Crippen LogP contribution is -2.63. The molecule has 0 radical (unpaired) electrons. The third kappa shape index (κ3) is 8.41. The first-order chi connectivity index (χ1) is 16.2. The fourth-order valence-electron chi connectivity index (χ4n) is 3.38. The molecule has 0 saturated carbocycles. The number of esters is 3. The van der Waals surface area contributed by atoms with Gasteiger partial charge >= 0.3 is 17.9 Å². The zero-order valence-corrected chi connectivity index (χ0v) is 22.9. The van der Waals surface area contributed by atoms with Crippen molar-refractivity contribution >= 4 is 26.2 Å². The molecule has 0 aliphatic carbocycles. The molecule has 1 aromatic rings. The topological polar surface area (TPSA) is 107 Å². The first-order valence-electron chi connectivity index (χ1n) is 11.7. The number of carbonyl (C=O) groups is 3. The molecule has 0 aromatic heterocycles. The van der Waals surface area contributed by atoms with Gasteiger partial charge in [-0.3, -0.25) is 14.4 Å². The highest BCUT2D eigenvalue weighted by atomic mass is 28.4. The summed E-state index contributed by atoms with van der Waals surface area (Å²) in [6.45, 7) is 14.4. The highest BCUT2D eigenvalue weighted by molar-refractivity contribution is 6.74. The van der Waals surface area contributed by atoms with E-state index in [1.807, 2.05) is 30.3 Å². The largest absolute Gasteiger partial charge is 0.456 e. The van der Waals surface area contributed by atoms with Gasteiger partial charge in [0.1, 0.15) is 6.10 Å². The Morgan fingerprint density at radius 2 is 1.37 bits per heavy atom. The lowest BCUT2D eigenvalue weighted by atomic mass is 9.98. The summed E-state index contributed by atoms with van der Waals surface area (Å²) < 4.78 is 35.1. The molecule has 9 nitrogen and oxygen atoms in total. The summed E-state index contributed by atoms with van der Waals surface area (Å²) >= 11 is 0. The number of ether oxygens (including phenoxy) is 5. The molecular formula is C25H38O9Si. The van der Waals surface area contributed by atoms with Crippen molar-refractivity contribution in [3.05, 3.63) is 35.9 Å². The van der Waals surface area contributed by atoms with Crippen molar-refractivity contribution < 1.29 is 42.5 Å². The smallest absolute Gasteiger partial charge is 0.303 e. The van der Waals surface area contributed by atoms with E-state index < -0.39 is 56.9 Å². The van der Waals surface area contributed by atoms with Crippen LogP contribution in [0, 0.1) is 0 Å². The second-order valence-electron chi connectivity index (χ2n) is 10.1. The van der Waals surface area contributed by atoms with Gasteiger partial charge in [0.25, 0.3) is 0 Å². The summed E-state index contributed by atoms with van der Waals surface area (Å²) in [6.07, 6.45) is -5.30. The standard InChI is InChI=1S/C25H38O9Si/c1-16(26)31-21-20(15-30-35(7,8)25(4,5)6)34-24(29-14-19-12-10-9-11-13-19)23(33-18(3)28)22(21)32-17(2)27/h9-13,20-24H,14-15H2,1-8H3/t20-,21-,22+,23-,24?/m1/s1. The Kier molecular flexibility index (Phi) is 10.0. The predicted molar refractivity (Wildman–Crippen MR) is 130 cm³/mol. The number of hydrogen-bond acceptors (Lipinski definition) is 9. The lowest BCUT2D eigenvalue weighted by Gasteiger charge is -2.45. The molecule has 35 heavy (non-hydrogen) atoms. The average Bonchev–Trinajstić information content (AvgIpc) is 2.73. The molecule has 1 aliphatic rings. The number of hydrogen-bond donors (Lipinski definition) is 0. The molecule has 1 fully saturated rings. The third-order valence-electron chi connectivity index (χ3n) is 6.17. The van der Waals surface area contributed by atoms with Crippen molar-refractivity contribution in [1.82, 2.24) is 0 Å². The van der Waals surface area contributed by atoms with Crippen molar-refractivity contribution in [2.24, 2.45) is 0 Å². The van der Waals surface area contributed by atoms with Crippen LogP contribution < -0.4 is 0 Å². The van der Waals surface area contributed by atoms with E-state index in [1.54, 1.807) is 0 Å². The molecule has 0 amide bonds. The summed E-state index contributed by atoms with van der Waals surface area (Å²) in [4.78, 5) is 35.9. The predicted octanol–water partition coefficient (Wildman–Crippen LogP) is 3.75. The summed E-state index contributed by atoms with van der Waals surface area (Å²) in [7, 11) is -2.20. The van der Waals surface area contributed by atoms with Gasteiger partial charge in [0.15, 0.2) is 32.9 Å². The zero-order valence-electron chi connectivity index (χ0n) is 21.9. The second kappa shape index (κ2) is 12.1. The van der Waals surface area contributed by atoms with Crippen LogP contribution in [-0.2, 0) is 49.1 Å². The normalized spacial score (nSPS) is 25.0. The lowest BCUT2D eigenvalue weighted by molar-refractivity contribution is -0.309. The first kappa shape index (κ1) is 29.0. The Labute approximate surface area is 208 Å². The maximum Gasteiger partial charge on any atom is 0.303 e. The molecule has 0 bridgehead atoms. The van der Waals surface area contributed by atoms with Crippen LogP contribution >= 0.6 is 0 Å². The third-order valence-corrected chi connectivity index (χ3v) is 10.7. The molecule has 1 heterocycles. The van der Waals surface area contributed by atoms with E-state index in [0.29, 0.717) is 0 Å². The molecule has 1 aliphatic heterocycles. The summed E-state index contributed by atoms with van der Waals surface area (Å²) in [5, 5.41) is -0.0721. The maximum absolute atomic E-state index is 12.0. The molecular weight excluding hydrogens is 472 g/mol. The summed E-state index contributed by atoms with van der Waals surface area (Å²) in [5.74, 6) is -1.85. The van der Waals surface area contributed by atoms with Gasteiger partial charge < -0.3 is 28.1 Å². The fraction of sp³-hybridized carbons (Fsp3) is 0.640. The second-order valence-corrected chi connectivity index (χ2v) is 14.9. The molecule has 10 heteroatoms. The Bertz CT molecular complexity index is 865. The minimum atomic E-state index is -2.20. The van der Waals surface area contributed by atoms with Crippen molar-refractivity contribution in [2.75, 3.05) is 6.61 Å². The van der Waals surface area contributed by atoms with Gasteiger partial charge in [-0.15, -0.1) is 0 Å². The molecule has 1 saturated heterocycles. The van der Waals surface area contributed by atoms with Crippen LogP contribution in [0.5, 0.6) is 0 Å². The van der Waals surface area contributed by atoms with Gasteiger partial charge in [-0.2, -0.15) is 0 Å².